The molecule has 2 aromatic carbocycles. The van der Waals surface area contributed by atoms with Gasteiger partial charge in [0.25, 0.3) is 0 Å². The summed E-state index contributed by atoms with van der Waals surface area (Å²) in [5.74, 6) is 1.42. The van der Waals surface area contributed by atoms with E-state index in [0.29, 0.717) is 12.0 Å². The second kappa shape index (κ2) is 5.68. The van der Waals surface area contributed by atoms with Crippen molar-refractivity contribution in [2.45, 2.75) is 25.8 Å². The highest BCUT2D eigenvalue weighted by atomic mass is 16.5. The molecule has 0 fully saturated rings. The lowest BCUT2D eigenvalue weighted by Gasteiger charge is -2.24. The average Bonchev–Trinajstić information content (AvgIpc) is 2.88. The second-order valence-corrected chi connectivity index (χ2v) is 5.40. The molecule has 2 aromatic rings. The number of fused-ring (bicyclic) bond motifs is 1. The minimum atomic E-state index is 0.309. The smallest absolute Gasteiger partial charge is 0.122 e. The van der Waals surface area contributed by atoms with E-state index in [9.17, 15) is 0 Å². The quantitative estimate of drug-likeness (QED) is 0.909. The number of rotatable bonds is 4. The fraction of sp³-hybridized carbons (Fsp3) is 0.333. The summed E-state index contributed by atoms with van der Waals surface area (Å²) < 4.78 is 5.85. The van der Waals surface area contributed by atoms with Crippen molar-refractivity contribution in [3.05, 3.63) is 65.2 Å². The number of para-hydroxylation sites is 1. The molecular formula is C18H21NO. The summed E-state index contributed by atoms with van der Waals surface area (Å²) in [5, 5.41) is 3.63. The maximum atomic E-state index is 5.85. The number of benzene rings is 2. The second-order valence-electron chi connectivity index (χ2n) is 5.40. The largest absolute Gasteiger partial charge is 0.493 e. The van der Waals surface area contributed by atoms with Gasteiger partial charge in [-0.15, -0.1) is 0 Å². The predicted octanol–water partition coefficient (Wildman–Crippen LogP) is 3.82. The molecule has 104 valence electrons. The minimum Gasteiger partial charge on any atom is -0.493 e. The Kier molecular flexibility index (Phi) is 3.75. The van der Waals surface area contributed by atoms with Crippen LogP contribution in [0.15, 0.2) is 48.5 Å². The van der Waals surface area contributed by atoms with Crippen LogP contribution in [0.1, 0.15) is 35.6 Å². The molecule has 2 nitrogen and oxygen atoms in total. The third kappa shape index (κ3) is 2.44. The molecule has 1 aliphatic heterocycles. The van der Waals surface area contributed by atoms with E-state index in [-0.39, 0.29) is 0 Å². The Morgan fingerprint density at radius 2 is 2.05 bits per heavy atom. The SMILES string of the molecule is CCNC(c1cccc(C)c1)C1COc2ccccc21. The van der Waals surface area contributed by atoms with E-state index in [2.05, 4.69) is 61.6 Å². The van der Waals surface area contributed by atoms with Crippen LogP contribution in [0.3, 0.4) is 0 Å². The highest BCUT2D eigenvalue weighted by Crippen LogP contribution is 2.41. The van der Waals surface area contributed by atoms with E-state index in [1.807, 2.05) is 6.07 Å². The van der Waals surface area contributed by atoms with Crippen LogP contribution in [-0.4, -0.2) is 13.2 Å². The van der Waals surface area contributed by atoms with Gasteiger partial charge in [-0.25, -0.2) is 0 Å². The first kappa shape index (κ1) is 13.2. The first-order valence-electron chi connectivity index (χ1n) is 7.31. The van der Waals surface area contributed by atoms with Crippen LogP contribution in [0.5, 0.6) is 5.75 Å². The Balaban J connectivity index is 1.96. The topological polar surface area (TPSA) is 21.3 Å². The van der Waals surface area contributed by atoms with E-state index < -0.39 is 0 Å². The van der Waals surface area contributed by atoms with Gasteiger partial charge in [0.1, 0.15) is 5.75 Å². The van der Waals surface area contributed by atoms with E-state index in [4.69, 9.17) is 4.74 Å². The standard InChI is InChI=1S/C18H21NO/c1-3-19-18(14-8-6-7-13(2)11-14)16-12-20-17-10-5-4-9-15(16)17/h4-11,16,18-19H,3,12H2,1-2H3. The van der Waals surface area contributed by atoms with Crippen molar-refractivity contribution in [3.63, 3.8) is 0 Å². The first-order valence-corrected chi connectivity index (χ1v) is 7.31. The number of ether oxygens (including phenoxy) is 1. The summed E-state index contributed by atoms with van der Waals surface area (Å²) in [7, 11) is 0. The third-order valence-corrected chi connectivity index (χ3v) is 3.96. The van der Waals surface area contributed by atoms with E-state index in [1.165, 1.54) is 16.7 Å². The van der Waals surface area contributed by atoms with Gasteiger partial charge >= 0.3 is 0 Å². The lowest BCUT2D eigenvalue weighted by Crippen LogP contribution is -2.28. The highest BCUT2D eigenvalue weighted by molar-refractivity contribution is 5.42. The zero-order valence-corrected chi connectivity index (χ0v) is 12.1. The van der Waals surface area contributed by atoms with E-state index >= 15 is 0 Å². The van der Waals surface area contributed by atoms with Crippen molar-refractivity contribution < 1.29 is 4.74 Å². The zero-order chi connectivity index (χ0) is 13.9. The number of hydrogen-bond acceptors (Lipinski definition) is 2. The number of nitrogens with one attached hydrogen (secondary N) is 1. The fourth-order valence-corrected chi connectivity index (χ4v) is 3.04. The van der Waals surface area contributed by atoms with E-state index in [1.54, 1.807) is 0 Å². The van der Waals surface area contributed by atoms with Gasteiger partial charge in [-0.05, 0) is 25.1 Å². The molecular weight excluding hydrogens is 246 g/mol. The normalized spacial score (nSPS) is 18.4. The Morgan fingerprint density at radius 3 is 2.85 bits per heavy atom. The zero-order valence-electron chi connectivity index (χ0n) is 12.1. The molecule has 0 saturated heterocycles. The molecule has 0 radical (unpaired) electrons. The molecule has 0 spiro atoms. The van der Waals surface area contributed by atoms with Gasteiger partial charge in [0.2, 0.25) is 0 Å². The fourth-order valence-electron chi connectivity index (χ4n) is 3.04. The molecule has 0 saturated carbocycles. The monoisotopic (exact) mass is 267 g/mol. The van der Waals surface area contributed by atoms with Crippen molar-refractivity contribution in [1.82, 2.24) is 5.32 Å². The van der Waals surface area contributed by atoms with Crippen molar-refractivity contribution in [1.29, 1.82) is 0 Å². The lowest BCUT2D eigenvalue weighted by atomic mass is 9.88. The molecule has 0 aromatic heterocycles. The molecule has 1 N–H and O–H groups in total. The van der Waals surface area contributed by atoms with Crippen LogP contribution in [0.25, 0.3) is 0 Å². The van der Waals surface area contributed by atoms with Crippen LogP contribution in [-0.2, 0) is 0 Å². The molecule has 2 unspecified atom stereocenters. The maximum Gasteiger partial charge on any atom is 0.122 e. The molecule has 2 heteroatoms. The number of hydrogen-bond donors (Lipinski definition) is 1. The molecule has 2 atom stereocenters. The van der Waals surface area contributed by atoms with Gasteiger partial charge < -0.3 is 10.1 Å². The molecule has 20 heavy (non-hydrogen) atoms. The van der Waals surface area contributed by atoms with Gasteiger partial charge in [-0.1, -0.05) is 55.0 Å². The van der Waals surface area contributed by atoms with Crippen LogP contribution < -0.4 is 10.1 Å². The first-order chi connectivity index (χ1) is 9.79. The van der Waals surface area contributed by atoms with Crippen molar-refractivity contribution in [2.24, 2.45) is 0 Å². The predicted molar refractivity (Wildman–Crippen MR) is 82.3 cm³/mol. The molecule has 3 rings (SSSR count). The molecule has 0 bridgehead atoms. The Morgan fingerprint density at radius 1 is 1.20 bits per heavy atom. The summed E-state index contributed by atoms with van der Waals surface area (Å²) in [4.78, 5) is 0. The number of likely N-dealkylation sites (N-methyl/N-ethyl adjacent to an activating group) is 1. The Labute approximate surface area is 120 Å². The maximum absolute atomic E-state index is 5.85. The lowest BCUT2D eigenvalue weighted by molar-refractivity contribution is 0.301. The van der Waals surface area contributed by atoms with Gasteiger partial charge in [0.05, 0.1) is 6.61 Å². The molecule has 0 aliphatic carbocycles. The summed E-state index contributed by atoms with van der Waals surface area (Å²) in [6, 6.07) is 17.5. The van der Waals surface area contributed by atoms with Crippen LogP contribution in [0, 0.1) is 6.92 Å². The summed E-state index contributed by atoms with van der Waals surface area (Å²) in [6.07, 6.45) is 0. The number of aryl methyl sites for hydroxylation is 1. The van der Waals surface area contributed by atoms with Gasteiger partial charge in [-0.3, -0.25) is 0 Å². The molecule has 1 heterocycles. The van der Waals surface area contributed by atoms with Crippen molar-refractivity contribution >= 4 is 0 Å². The van der Waals surface area contributed by atoms with Gasteiger partial charge in [-0.2, -0.15) is 0 Å². The summed E-state index contributed by atoms with van der Waals surface area (Å²) >= 11 is 0. The third-order valence-electron chi connectivity index (χ3n) is 3.96. The Bertz CT molecular complexity index is 593. The minimum absolute atomic E-state index is 0.309. The molecule has 0 amide bonds. The summed E-state index contributed by atoms with van der Waals surface area (Å²) in [5.41, 5.74) is 3.97. The van der Waals surface area contributed by atoms with Crippen LogP contribution in [0.2, 0.25) is 0 Å². The summed E-state index contributed by atoms with van der Waals surface area (Å²) in [6.45, 7) is 6.01. The van der Waals surface area contributed by atoms with Crippen molar-refractivity contribution in [2.75, 3.05) is 13.2 Å². The van der Waals surface area contributed by atoms with E-state index in [0.717, 1.165) is 18.9 Å². The van der Waals surface area contributed by atoms with Gasteiger partial charge in [0, 0.05) is 17.5 Å². The average molecular weight is 267 g/mol. The highest BCUT2D eigenvalue weighted by Gasteiger charge is 2.31. The Hall–Kier alpha value is -1.80. The van der Waals surface area contributed by atoms with Crippen molar-refractivity contribution in [3.8, 4) is 5.75 Å². The van der Waals surface area contributed by atoms with Crippen LogP contribution in [0.4, 0.5) is 0 Å². The van der Waals surface area contributed by atoms with Crippen LogP contribution >= 0.6 is 0 Å². The molecule has 1 aliphatic rings. The van der Waals surface area contributed by atoms with Gasteiger partial charge in [0.15, 0.2) is 0 Å².